The van der Waals surface area contributed by atoms with Gasteiger partial charge >= 0.3 is 0 Å². The maximum absolute atomic E-state index is 5.84. The molecule has 1 atom stereocenters. The van der Waals surface area contributed by atoms with Crippen molar-refractivity contribution in [1.82, 2.24) is 5.01 Å². The quantitative estimate of drug-likeness (QED) is 0.665. The zero-order valence-electron chi connectivity index (χ0n) is 12.1. The van der Waals surface area contributed by atoms with Gasteiger partial charge in [-0.1, -0.05) is 27.7 Å². The van der Waals surface area contributed by atoms with Gasteiger partial charge in [0.2, 0.25) is 0 Å². The molecule has 3 nitrogen and oxygen atoms in total. The highest BCUT2D eigenvalue weighted by molar-refractivity contribution is 5.59. The van der Waals surface area contributed by atoms with Crippen LogP contribution in [0.5, 0.6) is 0 Å². The third-order valence-corrected chi connectivity index (χ3v) is 3.95. The Kier molecular flexibility index (Phi) is 5.44. The molecular formula is C14H28N2O. The van der Waals surface area contributed by atoms with Crippen LogP contribution in [0.25, 0.3) is 0 Å². The Labute approximate surface area is 106 Å². The van der Waals surface area contributed by atoms with Gasteiger partial charge in [0.25, 0.3) is 0 Å². The summed E-state index contributed by atoms with van der Waals surface area (Å²) in [6.07, 6.45) is 6.58. The zero-order chi connectivity index (χ0) is 12.9. The topological polar surface area (TPSA) is 24.8 Å². The molecule has 0 bridgehead atoms. The van der Waals surface area contributed by atoms with Crippen molar-refractivity contribution in [2.24, 2.45) is 11.0 Å². The van der Waals surface area contributed by atoms with Gasteiger partial charge in [-0.2, -0.15) is 5.10 Å². The molecule has 1 fully saturated rings. The van der Waals surface area contributed by atoms with Gasteiger partial charge in [-0.3, -0.25) is 5.01 Å². The Balaban J connectivity index is 2.80. The molecule has 0 unspecified atom stereocenters. The van der Waals surface area contributed by atoms with Crippen LogP contribution in [0.1, 0.15) is 53.4 Å². The van der Waals surface area contributed by atoms with Crippen LogP contribution >= 0.6 is 0 Å². The van der Waals surface area contributed by atoms with Crippen molar-refractivity contribution in [3.63, 3.8) is 0 Å². The van der Waals surface area contributed by atoms with E-state index in [0.717, 1.165) is 19.4 Å². The van der Waals surface area contributed by atoms with E-state index in [9.17, 15) is 0 Å². The summed E-state index contributed by atoms with van der Waals surface area (Å²) in [6.45, 7) is 9.83. The molecule has 100 valence electrons. The van der Waals surface area contributed by atoms with Crippen LogP contribution in [0.4, 0.5) is 0 Å². The van der Waals surface area contributed by atoms with Crippen LogP contribution in [0.2, 0.25) is 0 Å². The molecule has 0 saturated carbocycles. The molecule has 1 aliphatic heterocycles. The van der Waals surface area contributed by atoms with Crippen molar-refractivity contribution >= 4 is 6.21 Å². The van der Waals surface area contributed by atoms with Crippen LogP contribution in [0, 0.1) is 5.92 Å². The molecule has 1 heterocycles. The molecule has 3 heteroatoms. The third-order valence-electron chi connectivity index (χ3n) is 3.95. The van der Waals surface area contributed by atoms with Gasteiger partial charge in [0.1, 0.15) is 0 Å². The summed E-state index contributed by atoms with van der Waals surface area (Å²) in [5.74, 6) is 0.511. The van der Waals surface area contributed by atoms with Crippen molar-refractivity contribution in [2.75, 3.05) is 13.7 Å². The van der Waals surface area contributed by atoms with Gasteiger partial charge < -0.3 is 4.74 Å². The maximum atomic E-state index is 5.84. The van der Waals surface area contributed by atoms with Crippen LogP contribution in [0.15, 0.2) is 5.10 Å². The summed E-state index contributed by atoms with van der Waals surface area (Å²) >= 11 is 0. The summed E-state index contributed by atoms with van der Waals surface area (Å²) in [5, 5.41) is 6.89. The van der Waals surface area contributed by atoms with Crippen molar-refractivity contribution in [1.29, 1.82) is 0 Å². The molecule has 0 radical (unpaired) electrons. The van der Waals surface area contributed by atoms with Crippen LogP contribution in [-0.2, 0) is 4.74 Å². The molecule has 0 aromatic heterocycles. The van der Waals surface area contributed by atoms with E-state index in [0.29, 0.717) is 12.0 Å². The lowest BCUT2D eigenvalue weighted by molar-refractivity contribution is -0.0731. The standard InChI is InChI=1S/C14H28N2O/c1-6-14(7-2,17-5)13-9-8-10-16(13)15-11-12(3)4/h11-13H,6-10H2,1-5H3/b15-11+/t13-/m0/s1. The Morgan fingerprint density at radius 3 is 2.53 bits per heavy atom. The molecular weight excluding hydrogens is 212 g/mol. The number of nitrogens with zero attached hydrogens (tertiary/aromatic N) is 2. The largest absolute Gasteiger partial charge is 0.376 e. The van der Waals surface area contributed by atoms with E-state index in [1.807, 2.05) is 13.3 Å². The molecule has 0 spiro atoms. The first-order chi connectivity index (χ1) is 8.09. The van der Waals surface area contributed by atoms with E-state index in [4.69, 9.17) is 4.74 Å². The molecule has 0 aromatic carbocycles. The smallest absolute Gasteiger partial charge is 0.0892 e. The molecule has 1 rings (SSSR count). The molecule has 0 N–H and O–H groups in total. The van der Waals surface area contributed by atoms with E-state index < -0.39 is 0 Å². The number of hydrogen-bond donors (Lipinski definition) is 0. The number of ether oxygens (including phenoxy) is 1. The predicted molar refractivity (Wildman–Crippen MR) is 73.4 cm³/mol. The van der Waals surface area contributed by atoms with E-state index in [1.54, 1.807) is 0 Å². The van der Waals surface area contributed by atoms with Crippen molar-refractivity contribution in [2.45, 2.75) is 65.0 Å². The fourth-order valence-electron chi connectivity index (χ4n) is 2.79. The first kappa shape index (κ1) is 14.5. The second-order valence-corrected chi connectivity index (χ2v) is 5.31. The number of rotatable bonds is 6. The number of hydrazone groups is 1. The van der Waals surface area contributed by atoms with E-state index in [2.05, 4.69) is 37.8 Å². The van der Waals surface area contributed by atoms with Gasteiger partial charge in [-0.05, 0) is 31.6 Å². The minimum atomic E-state index is -0.0230. The van der Waals surface area contributed by atoms with Gasteiger partial charge in [0, 0.05) is 19.9 Å². The maximum Gasteiger partial charge on any atom is 0.0892 e. The lowest BCUT2D eigenvalue weighted by Crippen LogP contribution is -2.48. The van der Waals surface area contributed by atoms with Crippen molar-refractivity contribution in [3.05, 3.63) is 0 Å². The fraction of sp³-hybridized carbons (Fsp3) is 0.929. The van der Waals surface area contributed by atoms with E-state index >= 15 is 0 Å². The summed E-state index contributed by atoms with van der Waals surface area (Å²) in [7, 11) is 1.84. The lowest BCUT2D eigenvalue weighted by atomic mass is 9.87. The monoisotopic (exact) mass is 240 g/mol. The summed E-state index contributed by atoms with van der Waals surface area (Å²) < 4.78 is 5.84. The molecule has 17 heavy (non-hydrogen) atoms. The summed E-state index contributed by atoms with van der Waals surface area (Å²) in [6, 6.07) is 0.442. The van der Waals surface area contributed by atoms with Gasteiger partial charge in [-0.25, -0.2) is 0 Å². The second-order valence-electron chi connectivity index (χ2n) is 5.31. The second kappa shape index (κ2) is 6.39. The summed E-state index contributed by atoms with van der Waals surface area (Å²) in [5.41, 5.74) is -0.0230. The highest BCUT2D eigenvalue weighted by atomic mass is 16.5. The van der Waals surface area contributed by atoms with Crippen LogP contribution in [-0.4, -0.2) is 36.5 Å². The summed E-state index contributed by atoms with van der Waals surface area (Å²) in [4.78, 5) is 0. The third kappa shape index (κ3) is 3.21. The highest BCUT2D eigenvalue weighted by Gasteiger charge is 2.41. The first-order valence-corrected chi connectivity index (χ1v) is 6.95. The average Bonchev–Trinajstić information content (AvgIpc) is 2.79. The van der Waals surface area contributed by atoms with E-state index in [1.165, 1.54) is 12.8 Å². The fourth-order valence-corrected chi connectivity index (χ4v) is 2.79. The number of hydrogen-bond acceptors (Lipinski definition) is 3. The average molecular weight is 240 g/mol. The van der Waals surface area contributed by atoms with Crippen molar-refractivity contribution < 1.29 is 4.74 Å². The van der Waals surface area contributed by atoms with Gasteiger partial charge in [0.15, 0.2) is 0 Å². The van der Waals surface area contributed by atoms with E-state index in [-0.39, 0.29) is 5.60 Å². The zero-order valence-corrected chi connectivity index (χ0v) is 12.1. The molecule has 1 aliphatic rings. The van der Waals surface area contributed by atoms with Gasteiger partial charge in [0.05, 0.1) is 11.6 Å². The van der Waals surface area contributed by atoms with Crippen LogP contribution < -0.4 is 0 Å². The normalized spacial score (nSPS) is 22.0. The molecule has 0 amide bonds. The molecule has 0 aliphatic carbocycles. The minimum absolute atomic E-state index is 0.0230. The van der Waals surface area contributed by atoms with Crippen LogP contribution in [0.3, 0.4) is 0 Å². The number of methoxy groups -OCH3 is 1. The predicted octanol–water partition coefficient (Wildman–Crippen LogP) is 3.30. The Morgan fingerprint density at radius 1 is 1.41 bits per heavy atom. The Hall–Kier alpha value is -0.570. The highest BCUT2D eigenvalue weighted by Crippen LogP contribution is 2.34. The lowest BCUT2D eigenvalue weighted by Gasteiger charge is -2.40. The van der Waals surface area contributed by atoms with Gasteiger partial charge in [-0.15, -0.1) is 0 Å². The molecule has 0 aromatic rings. The Bertz CT molecular complexity index is 238. The minimum Gasteiger partial charge on any atom is -0.376 e. The van der Waals surface area contributed by atoms with Crippen molar-refractivity contribution in [3.8, 4) is 0 Å². The molecule has 1 saturated heterocycles. The Morgan fingerprint density at radius 2 is 2.06 bits per heavy atom. The SMILES string of the molecule is CCC(CC)(OC)[C@@H]1CCCN1/N=C/C(C)C. The first-order valence-electron chi connectivity index (χ1n) is 6.95.